The molecule has 1 atom stereocenters. The number of pyridine rings is 1. The van der Waals surface area contributed by atoms with Crippen molar-refractivity contribution in [3.8, 4) is 23.0 Å². The van der Waals surface area contributed by atoms with E-state index in [-0.39, 0.29) is 23.3 Å². The Kier molecular flexibility index (Phi) is 8.04. The minimum absolute atomic E-state index is 0.0716. The average molecular weight is 547 g/mol. The summed E-state index contributed by atoms with van der Waals surface area (Å²) in [7, 11) is 5.95. The molecule has 0 bridgehead atoms. The monoisotopic (exact) mass is 546 g/mol. The molecule has 1 amide bonds. The number of likely N-dealkylation sites (tertiary alicyclic amines) is 1. The van der Waals surface area contributed by atoms with Crippen molar-refractivity contribution in [3.05, 3.63) is 82.7 Å². The number of carbonyl (C=O) groups is 2. The summed E-state index contributed by atoms with van der Waals surface area (Å²) >= 11 is 0. The van der Waals surface area contributed by atoms with Crippen molar-refractivity contribution in [1.29, 1.82) is 0 Å². The van der Waals surface area contributed by atoms with Crippen LogP contribution in [0.3, 0.4) is 0 Å². The third-order valence-electron chi connectivity index (χ3n) is 6.97. The van der Waals surface area contributed by atoms with Gasteiger partial charge in [-0.1, -0.05) is 26.8 Å². The van der Waals surface area contributed by atoms with E-state index in [0.717, 1.165) is 11.1 Å². The number of rotatable bonds is 8. The SMILES string of the molecule is COc1ccc(C(C)(C)C)cc1/C(O)=C1\C(=O)C(=O)N(Cc2ccncc2)C1c1cc(OC)c(OC)c(OC)c1. The summed E-state index contributed by atoms with van der Waals surface area (Å²) in [6, 6.07) is 11.4. The number of hydrogen-bond donors (Lipinski definition) is 1. The molecule has 1 aliphatic rings. The van der Waals surface area contributed by atoms with Gasteiger partial charge in [0.2, 0.25) is 5.75 Å². The zero-order chi connectivity index (χ0) is 29.2. The van der Waals surface area contributed by atoms with Gasteiger partial charge >= 0.3 is 0 Å². The molecule has 0 radical (unpaired) electrons. The fraction of sp³-hybridized carbons (Fsp3) is 0.323. The number of carbonyl (C=O) groups excluding carboxylic acids is 2. The highest BCUT2D eigenvalue weighted by molar-refractivity contribution is 6.46. The van der Waals surface area contributed by atoms with E-state index in [1.54, 1.807) is 48.8 Å². The van der Waals surface area contributed by atoms with Crippen LogP contribution in [-0.4, -0.2) is 55.1 Å². The van der Waals surface area contributed by atoms with E-state index in [9.17, 15) is 14.7 Å². The molecule has 0 spiro atoms. The van der Waals surface area contributed by atoms with Crippen LogP contribution >= 0.6 is 0 Å². The standard InChI is InChI=1S/C31H34N2O7/c1-31(2,3)20-8-9-22(37-4)21(16-20)27(34)25-26(19-14-23(38-5)29(40-7)24(15-19)39-6)33(30(36)28(25)35)17-18-10-12-32-13-11-18/h8-16,26,34H,17H2,1-7H3/b27-25+. The molecule has 1 saturated heterocycles. The molecule has 210 valence electrons. The Morgan fingerprint density at radius 3 is 2.00 bits per heavy atom. The molecule has 1 fully saturated rings. The molecular formula is C31H34N2O7. The van der Waals surface area contributed by atoms with Crippen LogP contribution in [0.25, 0.3) is 5.76 Å². The molecule has 3 aromatic rings. The van der Waals surface area contributed by atoms with Gasteiger partial charge in [0.15, 0.2) is 11.5 Å². The van der Waals surface area contributed by atoms with Gasteiger partial charge in [0, 0.05) is 18.9 Å². The molecule has 1 unspecified atom stereocenters. The van der Waals surface area contributed by atoms with E-state index < -0.39 is 17.7 Å². The first-order chi connectivity index (χ1) is 19.0. The molecule has 2 aromatic carbocycles. The molecule has 1 aromatic heterocycles. The van der Waals surface area contributed by atoms with E-state index in [1.807, 2.05) is 26.8 Å². The van der Waals surface area contributed by atoms with Crippen molar-refractivity contribution in [2.75, 3.05) is 28.4 Å². The predicted octanol–water partition coefficient (Wildman–Crippen LogP) is 5.04. The predicted molar refractivity (Wildman–Crippen MR) is 150 cm³/mol. The summed E-state index contributed by atoms with van der Waals surface area (Å²) in [6.45, 7) is 6.23. The lowest BCUT2D eigenvalue weighted by molar-refractivity contribution is -0.140. The van der Waals surface area contributed by atoms with Crippen LogP contribution in [0.1, 0.15) is 49.1 Å². The largest absolute Gasteiger partial charge is 0.507 e. The van der Waals surface area contributed by atoms with Gasteiger partial charge in [-0.3, -0.25) is 14.6 Å². The van der Waals surface area contributed by atoms with Gasteiger partial charge in [-0.25, -0.2) is 0 Å². The average Bonchev–Trinajstić information content (AvgIpc) is 3.20. The smallest absolute Gasteiger partial charge is 0.295 e. The lowest BCUT2D eigenvalue weighted by atomic mass is 9.85. The van der Waals surface area contributed by atoms with Gasteiger partial charge in [-0.15, -0.1) is 0 Å². The number of aliphatic hydroxyl groups is 1. The highest BCUT2D eigenvalue weighted by Crippen LogP contribution is 2.47. The first-order valence-corrected chi connectivity index (χ1v) is 12.7. The Labute approximate surface area is 234 Å². The van der Waals surface area contributed by atoms with Gasteiger partial charge in [-0.05, 0) is 58.5 Å². The minimum atomic E-state index is -0.968. The number of hydrogen-bond acceptors (Lipinski definition) is 8. The summed E-state index contributed by atoms with van der Waals surface area (Å²) in [4.78, 5) is 32.7. The fourth-order valence-electron chi connectivity index (χ4n) is 4.84. The molecule has 0 aliphatic carbocycles. The maximum Gasteiger partial charge on any atom is 0.295 e. The van der Waals surface area contributed by atoms with E-state index in [0.29, 0.717) is 34.1 Å². The quantitative estimate of drug-likeness (QED) is 0.238. The Balaban J connectivity index is 2.01. The summed E-state index contributed by atoms with van der Waals surface area (Å²) in [6.07, 6.45) is 3.23. The third-order valence-corrected chi connectivity index (χ3v) is 6.97. The molecular weight excluding hydrogens is 512 g/mol. The Hall–Kier alpha value is -4.53. The van der Waals surface area contributed by atoms with Crippen LogP contribution in [0, 0.1) is 0 Å². The number of Topliss-reactive ketones (excluding diaryl/α,β-unsaturated/α-hetero) is 1. The Bertz CT molecular complexity index is 1430. The summed E-state index contributed by atoms with van der Waals surface area (Å²) in [5, 5.41) is 11.8. The zero-order valence-electron chi connectivity index (χ0n) is 23.8. The molecule has 4 rings (SSSR count). The highest BCUT2D eigenvalue weighted by Gasteiger charge is 2.47. The zero-order valence-corrected chi connectivity index (χ0v) is 23.8. The summed E-state index contributed by atoms with van der Waals surface area (Å²) in [5.41, 5.74) is 2.18. The lowest BCUT2D eigenvalue weighted by Gasteiger charge is -2.27. The van der Waals surface area contributed by atoms with Crippen molar-refractivity contribution in [2.45, 2.75) is 38.8 Å². The second-order valence-electron chi connectivity index (χ2n) is 10.4. The van der Waals surface area contributed by atoms with Crippen molar-refractivity contribution >= 4 is 17.4 Å². The van der Waals surface area contributed by atoms with E-state index >= 15 is 0 Å². The van der Waals surface area contributed by atoms with Crippen molar-refractivity contribution in [1.82, 2.24) is 9.88 Å². The lowest BCUT2D eigenvalue weighted by Crippen LogP contribution is -2.29. The van der Waals surface area contributed by atoms with E-state index in [2.05, 4.69) is 4.98 Å². The number of nitrogens with zero attached hydrogens (tertiary/aromatic N) is 2. The number of methoxy groups -OCH3 is 4. The first kappa shape index (κ1) is 28.5. The summed E-state index contributed by atoms with van der Waals surface area (Å²) < 4.78 is 22.1. The second kappa shape index (κ2) is 11.3. The molecule has 9 heteroatoms. The van der Waals surface area contributed by atoms with Crippen molar-refractivity contribution in [3.63, 3.8) is 0 Å². The minimum Gasteiger partial charge on any atom is -0.507 e. The number of aromatic nitrogens is 1. The normalized spacial score (nSPS) is 16.7. The molecule has 2 heterocycles. The van der Waals surface area contributed by atoms with Gasteiger partial charge < -0.3 is 29.0 Å². The van der Waals surface area contributed by atoms with Crippen LogP contribution < -0.4 is 18.9 Å². The van der Waals surface area contributed by atoms with Crippen LogP contribution in [0.15, 0.2) is 60.4 Å². The molecule has 1 aliphatic heterocycles. The van der Waals surface area contributed by atoms with Gasteiger partial charge in [0.05, 0.1) is 45.6 Å². The highest BCUT2D eigenvalue weighted by atomic mass is 16.5. The van der Waals surface area contributed by atoms with Gasteiger partial charge in [-0.2, -0.15) is 0 Å². The molecule has 40 heavy (non-hydrogen) atoms. The first-order valence-electron chi connectivity index (χ1n) is 12.7. The van der Waals surface area contributed by atoms with Crippen LogP contribution in [-0.2, 0) is 21.5 Å². The molecule has 1 N–H and O–H groups in total. The third kappa shape index (κ3) is 5.19. The van der Waals surface area contributed by atoms with E-state index in [4.69, 9.17) is 18.9 Å². The second-order valence-corrected chi connectivity index (χ2v) is 10.4. The van der Waals surface area contributed by atoms with Gasteiger partial charge in [0.1, 0.15) is 11.5 Å². The van der Waals surface area contributed by atoms with Crippen molar-refractivity contribution < 1.29 is 33.6 Å². The fourth-order valence-corrected chi connectivity index (χ4v) is 4.84. The maximum atomic E-state index is 13.7. The maximum absolute atomic E-state index is 13.7. The number of amides is 1. The number of benzene rings is 2. The topological polar surface area (TPSA) is 107 Å². The number of ketones is 1. The van der Waals surface area contributed by atoms with Gasteiger partial charge in [0.25, 0.3) is 11.7 Å². The van der Waals surface area contributed by atoms with Crippen LogP contribution in [0.5, 0.6) is 23.0 Å². The Morgan fingerprint density at radius 2 is 1.48 bits per heavy atom. The van der Waals surface area contributed by atoms with Crippen molar-refractivity contribution in [2.24, 2.45) is 0 Å². The summed E-state index contributed by atoms with van der Waals surface area (Å²) in [5.74, 6) is -0.472. The van der Waals surface area contributed by atoms with E-state index in [1.165, 1.54) is 33.3 Å². The van der Waals surface area contributed by atoms with Crippen LogP contribution in [0.4, 0.5) is 0 Å². The molecule has 0 saturated carbocycles. The number of ether oxygens (including phenoxy) is 4. The number of aliphatic hydroxyl groups excluding tert-OH is 1. The molecule has 9 nitrogen and oxygen atoms in total. The Morgan fingerprint density at radius 1 is 0.875 bits per heavy atom. The van der Waals surface area contributed by atoms with Crippen LogP contribution in [0.2, 0.25) is 0 Å².